The van der Waals surface area contributed by atoms with E-state index < -0.39 is 0 Å². The van der Waals surface area contributed by atoms with Crippen molar-refractivity contribution in [1.82, 2.24) is 9.97 Å². The molecule has 1 saturated carbocycles. The third kappa shape index (κ3) is 3.66. The second-order valence-corrected chi connectivity index (χ2v) is 10.5. The SMILES string of the molecule is C.CCSc1cccc2c1C(=O)N(c1ccc3c(n1)N(C1CC1)C(C)C(=O)N3C)C2c1cccnc1. The van der Waals surface area contributed by atoms with Crippen LogP contribution in [0, 0.1) is 0 Å². The number of carbonyl (C=O) groups excluding carboxylic acids is 2. The first-order valence-electron chi connectivity index (χ1n) is 12.1. The molecule has 36 heavy (non-hydrogen) atoms. The molecule has 2 amide bonds. The van der Waals surface area contributed by atoms with Gasteiger partial charge in [-0.2, -0.15) is 0 Å². The topological polar surface area (TPSA) is 69.6 Å². The average Bonchev–Trinajstić information content (AvgIpc) is 3.66. The minimum absolute atomic E-state index is 0. The van der Waals surface area contributed by atoms with Crippen LogP contribution in [0.1, 0.15) is 61.6 Å². The van der Waals surface area contributed by atoms with Crippen molar-refractivity contribution in [3.05, 3.63) is 71.5 Å². The number of hydrogen-bond acceptors (Lipinski definition) is 6. The summed E-state index contributed by atoms with van der Waals surface area (Å²) in [7, 11) is 1.80. The Hall–Kier alpha value is -3.39. The average molecular weight is 502 g/mol. The zero-order chi connectivity index (χ0) is 24.3. The van der Waals surface area contributed by atoms with Crippen molar-refractivity contribution in [3.8, 4) is 0 Å². The first kappa shape index (κ1) is 24.3. The molecule has 0 radical (unpaired) electrons. The van der Waals surface area contributed by atoms with Crippen molar-refractivity contribution in [2.45, 2.75) is 57.1 Å². The summed E-state index contributed by atoms with van der Waals surface area (Å²) in [6, 6.07) is 13.5. The number of likely N-dealkylation sites (N-methyl/N-ethyl adjacent to an activating group) is 1. The fourth-order valence-electron chi connectivity index (χ4n) is 5.32. The molecular weight excluding hydrogens is 470 g/mol. The Morgan fingerprint density at radius 3 is 2.58 bits per heavy atom. The van der Waals surface area contributed by atoms with Gasteiger partial charge < -0.3 is 9.80 Å². The first-order valence-corrected chi connectivity index (χ1v) is 13.1. The minimum Gasteiger partial charge on any atom is -0.340 e. The molecule has 8 heteroatoms. The van der Waals surface area contributed by atoms with Crippen molar-refractivity contribution in [3.63, 3.8) is 0 Å². The Labute approximate surface area is 216 Å². The number of rotatable bonds is 5. The zero-order valence-electron chi connectivity index (χ0n) is 20.0. The highest BCUT2D eigenvalue weighted by Gasteiger charge is 2.45. The summed E-state index contributed by atoms with van der Waals surface area (Å²) in [6.07, 6.45) is 5.67. The third-order valence-corrected chi connectivity index (χ3v) is 8.02. The van der Waals surface area contributed by atoms with Gasteiger partial charge in [0.25, 0.3) is 5.91 Å². The zero-order valence-corrected chi connectivity index (χ0v) is 20.8. The summed E-state index contributed by atoms with van der Waals surface area (Å²) in [5.74, 6) is 2.26. The minimum atomic E-state index is -0.316. The van der Waals surface area contributed by atoms with Crippen LogP contribution in [-0.4, -0.2) is 46.7 Å². The van der Waals surface area contributed by atoms with Crippen LogP contribution < -0.4 is 14.7 Å². The van der Waals surface area contributed by atoms with Crippen LogP contribution in [0.15, 0.2) is 59.8 Å². The number of hydrogen-bond donors (Lipinski definition) is 0. The van der Waals surface area contributed by atoms with Crippen LogP contribution in [0.3, 0.4) is 0 Å². The standard InChI is InChI=1S/C27H27N5O2S.CH4/c1-4-35-21-9-5-8-19-23(21)27(34)32(24(19)17-7-6-14-28-15-17)22-13-12-20-25(29-22)31(18-10-11-18)16(2)26(33)30(20)3;/h5-9,12-16,18,24H,4,10-11H2,1-3H3;1H4. The van der Waals surface area contributed by atoms with Crippen LogP contribution in [0.2, 0.25) is 0 Å². The fourth-order valence-corrected chi connectivity index (χ4v) is 6.16. The van der Waals surface area contributed by atoms with Crippen molar-refractivity contribution >= 4 is 40.9 Å². The molecule has 7 nitrogen and oxygen atoms in total. The Morgan fingerprint density at radius 1 is 1.08 bits per heavy atom. The Bertz CT molecular complexity index is 1330. The van der Waals surface area contributed by atoms with Crippen LogP contribution in [-0.2, 0) is 4.79 Å². The number of thioether (sulfide) groups is 1. The lowest BCUT2D eigenvalue weighted by Gasteiger charge is -2.40. The van der Waals surface area contributed by atoms with Gasteiger partial charge in [-0.05, 0) is 60.9 Å². The Morgan fingerprint density at radius 2 is 1.89 bits per heavy atom. The predicted octanol–water partition coefficient (Wildman–Crippen LogP) is 5.31. The summed E-state index contributed by atoms with van der Waals surface area (Å²) >= 11 is 1.68. The molecule has 6 rings (SSSR count). The third-order valence-electron chi connectivity index (χ3n) is 7.08. The van der Waals surface area contributed by atoms with Gasteiger partial charge in [0.05, 0.1) is 17.3 Å². The molecule has 2 aliphatic heterocycles. The van der Waals surface area contributed by atoms with E-state index in [9.17, 15) is 9.59 Å². The quantitative estimate of drug-likeness (QED) is 0.442. The summed E-state index contributed by atoms with van der Waals surface area (Å²) in [4.78, 5) is 42.9. The molecular formula is C28H31N5O2S. The highest BCUT2D eigenvalue weighted by atomic mass is 32.2. The van der Waals surface area contributed by atoms with E-state index in [0.29, 0.717) is 11.9 Å². The van der Waals surface area contributed by atoms with E-state index in [1.807, 2.05) is 55.6 Å². The molecule has 0 bridgehead atoms. The van der Waals surface area contributed by atoms with E-state index in [1.54, 1.807) is 34.8 Å². The molecule has 0 saturated heterocycles. The lowest BCUT2D eigenvalue weighted by atomic mass is 9.99. The van der Waals surface area contributed by atoms with Gasteiger partial charge in [0.15, 0.2) is 5.82 Å². The van der Waals surface area contributed by atoms with Crippen molar-refractivity contribution in [2.24, 2.45) is 0 Å². The van der Waals surface area contributed by atoms with E-state index in [0.717, 1.165) is 51.7 Å². The molecule has 2 aromatic heterocycles. The second-order valence-electron chi connectivity index (χ2n) is 9.24. The summed E-state index contributed by atoms with van der Waals surface area (Å²) < 4.78 is 0. The molecule has 186 valence electrons. The smallest absolute Gasteiger partial charge is 0.261 e. The molecule has 0 N–H and O–H groups in total. The lowest BCUT2D eigenvalue weighted by Crippen LogP contribution is -2.52. The van der Waals surface area contributed by atoms with Gasteiger partial charge in [0, 0.05) is 30.4 Å². The molecule has 3 aromatic rings. The van der Waals surface area contributed by atoms with Gasteiger partial charge in [-0.1, -0.05) is 32.5 Å². The fraction of sp³-hybridized carbons (Fsp3) is 0.357. The maximum Gasteiger partial charge on any atom is 0.261 e. The monoisotopic (exact) mass is 501 g/mol. The Kier molecular flexibility index (Phi) is 6.24. The number of anilines is 3. The van der Waals surface area contributed by atoms with Gasteiger partial charge in [0.1, 0.15) is 11.9 Å². The molecule has 3 aliphatic rings. The van der Waals surface area contributed by atoms with E-state index >= 15 is 0 Å². The van der Waals surface area contributed by atoms with Gasteiger partial charge >= 0.3 is 0 Å². The van der Waals surface area contributed by atoms with E-state index in [4.69, 9.17) is 4.98 Å². The predicted molar refractivity (Wildman–Crippen MR) is 145 cm³/mol. The second kappa shape index (κ2) is 9.24. The Balaban J connectivity index is 0.00000267. The van der Waals surface area contributed by atoms with Crippen LogP contribution in [0.5, 0.6) is 0 Å². The number of nitrogens with zero attached hydrogens (tertiary/aromatic N) is 5. The normalized spacial score (nSPS) is 20.8. The van der Waals surface area contributed by atoms with Crippen LogP contribution in [0.4, 0.5) is 17.3 Å². The first-order chi connectivity index (χ1) is 17.0. The molecule has 4 heterocycles. The maximum atomic E-state index is 14.0. The molecule has 0 spiro atoms. The number of benzene rings is 1. The number of amides is 2. The number of pyridine rings is 2. The van der Waals surface area contributed by atoms with E-state index in [-0.39, 0.29) is 31.3 Å². The molecule has 1 aromatic carbocycles. The summed E-state index contributed by atoms with van der Waals surface area (Å²) in [5, 5.41) is 0. The highest BCUT2D eigenvalue weighted by Crippen LogP contribution is 2.47. The van der Waals surface area contributed by atoms with Gasteiger partial charge in [-0.3, -0.25) is 19.5 Å². The number of carbonyl (C=O) groups is 2. The highest BCUT2D eigenvalue weighted by molar-refractivity contribution is 7.99. The summed E-state index contributed by atoms with van der Waals surface area (Å²) in [5.41, 5.74) is 3.44. The van der Waals surface area contributed by atoms with Crippen molar-refractivity contribution < 1.29 is 9.59 Å². The van der Waals surface area contributed by atoms with Crippen molar-refractivity contribution in [1.29, 1.82) is 0 Å². The van der Waals surface area contributed by atoms with Gasteiger partial charge in [0.2, 0.25) is 5.91 Å². The van der Waals surface area contributed by atoms with E-state index in [2.05, 4.69) is 16.8 Å². The molecule has 1 aliphatic carbocycles. The maximum absolute atomic E-state index is 14.0. The molecule has 2 unspecified atom stereocenters. The number of fused-ring (bicyclic) bond motifs is 2. The lowest BCUT2D eigenvalue weighted by molar-refractivity contribution is -0.119. The van der Waals surface area contributed by atoms with Gasteiger partial charge in [-0.15, -0.1) is 11.8 Å². The van der Waals surface area contributed by atoms with Crippen molar-refractivity contribution in [2.75, 3.05) is 27.5 Å². The van der Waals surface area contributed by atoms with Crippen LogP contribution in [0.25, 0.3) is 0 Å². The summed E-state index contributed by atoms with van der Waals surface area (Å²) in [6.45, 7) is 4.04. The van der Waals surface area contributed by atoms with E-state index in [1.165, 1.54) is 0 Å². The molecule has 2 atom stereocenters. The van der Waals surface area contributed by atoms with Crippen LogP contribution >= 0.6 is 11.8 Å². The largest absolute Gasteiger partial charge is 0.340 e. The molecule has 1 fully saturated rings. The number of aromatic nitrogens is 2. The van der Waals surface area contributed by atoms with Gasteiger partial charge in [-0.25, -0.2) is 4.98 Å².